The second-order valence-electron chi connectivity index (χ2n) is 6.73. The average molecular weight is 272 g/mol. The standard InChI is InChI=1S/C17H21FN2/c1-17(2,3)16-8-11(10-19-13-5-6-13)14-9-12(18)4-7-15(14)20-16/h4,7-9,13,19H,5-6,10H2,1-3H3. The van der Waals surface area contributed by atoms with Gasteiger partial charge in [-0.15, -0.1) is 0 Å². The molecule has 3 rings (SSSR count). The Labute approximate surface area is 119 Å². The molecule has 1 heterocycles. The fourth-order valence-electron chi connectivity index (χ4n) is 2.34. The van der Waals surface area contributed by atoms with Crippen molar-refractivity contribution in [3.63, 3.8) is 0 Å². The molecule has 1 N–H and O–H groups in total. The van der Waals surface area contributed by atoms with Gasteiger partial charge in [0, 0.05) is 29.1 Å². The number of hydrogen-bond acceptors (Lipinski definition) is 2. The third kappa shape index (κ3) is 2.83. The molecule has 1 aromatic carbocycles. The lowest BCUT2D eigenvalue weighted by molar-refractivity contribution is 0.569. The molecule has 0 radical (unpaired) electrons. The van der Waals surface area contributed by atoms with E-state index in [-0.39, 0.29) is 11.2 Å². The van der Waals surface area contributed by atoms with Crippen LogP contribution in [-0.4, -0.2) is 11.0 Å². The van der Waals surface area contributed by atoms with Gasteiger partial charge in [0.05, 0.1) is 5.52 Å². The summed E-state index contributed by atoms with van der Waals surface area (Å²) in [6.07, 6.45) is 2.51. The Bertz CT molecular complexity index is 639. The quantitative estimate of drug-likeness (QED) is 0.916. The zero-order valence-electron chi connectivity index (χ0n) is 12.3. The summed E-state index contributed by atoms with van der Waals surface area (Å²) in [5, 5.41) is 4.44. The Morgan fingerprint density at radius 3 is 2.65 bits per heavy atom. The van der Waals surface area contributed by atoms with Gasteiger partial charge >= 0.3 is 0 Å². The van der Waals surface area contributed by atoms with Crippen molar-refractivity contribution in [3.05, 3.63) is 41.3 Å². The van der Waals surface area contributed by atoms with Gasteiger partial charge in [0.1, 0.15) is 5.82 Å². The van der Waals surface area contributed by atoms with Gasteiger partial charge < -0.3 is 5.32 Å². The second kappa shape index (κ2) is 4.81. The van der Waals surface area contributed by atoms with Crippen LogP contribution < -0.4 is 5.32 Å². The highest BCUT2D eigenvalue weighted by molar-refractivity contribution is 5.82. The Kier molecular flexibility index (Phi) is 3.25. The molecule has 0 saturated heterocycles. The number of rotatable bonds is 3. The van der Waals surface area contributed by atoms with E-state index in [0.717, 1.165) is 28.7 Å². The minimum Gasteiger partial charge on any atom is -0.310 e. The van der Waals surface area contributed by atoms with E-state index in [4.69, 9.17) is 4.98 Å². The summed E-state index contributed by atoms with van der Waals surface area (Å²) < 4.78 is 13.5. The molecule has 2 nitrogen and oxygen atoms in total. The van der Waals surface area contributed by atoms with Gasteiger partial charge in [-0.3, -0.25) is 4.98 Å². The SMILES string of the molecule is CC(C)(C)c1cc(CNC2CC2)c2cc(F)ccc2n1. The lowest BCUT2D eigenvalue weighted by Gasteiger charge is -2.20. The maximum Gasteiger partial charge on any atom is 0.123 e. The van der Waals surface area contributed by atoms with Crippen LogP contribution in [0.5, 0.6) is 0 Å². The van der Waals surface area contributed by atoms with E-state index >= 15 is 0 Å². The first-order valence-electron chi connectivity index (χ1n) is 7.26. The van der Waals surface area contributed by atoms with E-state index in [1.165, 1.54) is 18.9 Å². The summed E-state index contributed by atoms with van der Waals surface area (Å²) in [5.41, 5.74) is 3.08. The first-order valence-corrected chi connectivity index (χ1v) is 7.26. The summed E-state index contributed by atoms with van der Waals surface area (Å²) >= 11 is 0. The van der Waals surface area contributed by atoms with E-state index in [0.29, 0.717) is 6.04 Å². The Balaban J connectivity index is 2.08. The van der Waals surface area contributed by atoms with E-state index in [2.05, 4.69) is 32.2 Å². The lowest BCUT2D eigenvalue weighted by atomic mass is 9.90. The number of benzene rings is 1. The molecule has 1 saturated carbocycles. The zero-order valence-corrected chi connectivity index (χ0v) is 12.3. The molecule has 1 aromatic heterocycles. The second-order valence-corrected chi connectivity index (χ2v) is 6.73. The van der Waals surface area contributed by atoms with Crippen LogP contribution in [0.1, 0.15) is 44.9 Å². The van der Waals surface area contributed by atoms with Crippen LogP contribution in [0.4, 0.5) is 4.39 Å². The number of aromatic nitrogens is 1. The van der Waals surface area contributed by atoms with Crippen molar-refractivity contribution in [3.8, 4) is 0 Å². The highest BCUT2D eigenvalue weighted by atomic mass is 19.1. The Morgan fingerprint density at radius 2 is 2.00 bits per heavy atom. The molecular weight excluding hydrogens is 251 g/mol. The first kappa shape index (κ1) is 13.5. The largest absolute Gasteiger partial charge is 0.310 e. The van der Waals surface area contributed by atoms with Crippen molar-refractivity contribution in [1.82, 2.24) is 10.3 Å². The van der Waals surface area contributed by atoms with Crippen LogP contribution in [0.3, 0.4) is 0 Å². The molecule has 106 valence electrons. The predicted molar refractivity (Wildman–Crippen MR) is 80.3 cm³/mol. The van der Waals surface area contributed by atoms with Crippen molar-refractivity contribution in [2.75, 3.05) is 0 Å². The van der Waals surface area contributed by atoms with Crippen molar-refractivity contribution in [2.45, 2.75) is 51.6 Å². The van der Waals surface area contributed by atoms with Crippen LogP contribution in [0.15, 0.2) is 24.3 Å². The van der Waals surface area contributed by atoms with Crippen molar-refractivity contribution in [1.29, 1.82) is 0 Å². The molecule has 0 spiro atoms. The molecule has 1 aliphatic rings. The molecule has 3 heteroatoms. The van der Waals surface area contributed by atoms with Gasteiger partial charge in [0.2, 0.25) is 0 Å². The third-order valence-electron chi connectivity index (χ3n) is 3.78. The van der Waals surface area contributed by atoms with Gasteiger partial charge in [0.25, 0.3) is 0 Å². The van der Waals surface area contributed by atoms with Crippen LogP contribution in [0, 0.1) is 5.82 Å². The molecule has 1 fully saturated rings. The maximum absolute atomic E-state index is 13.5. The van der Waals surface area contributed by atoms with Crippen LogP contribution >= 0.6 is 0 Å². The average Bonchev–Trinajstić information content (AvgIpc) is 3.18. The number of nitrogens with one attached hydrogen (secondary N) is 1. The van der Waals surface area contributed by atoms with Crippen molar-refractivity contribution < 1.29 is 4.39 Å². The first-order chi connectivity index (χ1) is 9.43. The Morgan fingerprint density at radius 1 is 1.25 bits per heavy atom. The molecule has 0 bridgehead atoms. The smallest absolute Gasteiger partial charge is 0.123 e. The normalized spacial score (nSPS) is 15.8. The molecule has 0 atom stereocenters. The molecular formula is C17H21FN2. The van der Waals surface area contributed by atoms with E-state index in [9.17, 15) is 4.39 Å². The molecule has 1 aliphatic carbocycles. The van der Waals surface area contributed by atoms with Crippen LogP contribution in [-0.2, 0) is 12.0 Å². The summed E-state index contributed by atoms with van der Waals surface area (Å²) in [6.45, 7) is 7.25. The minimum absolute atomic E-state index is 0.00307. The van der Waals surface area contributed by atoms with Gasteiger partial charge in [-0.1, -0.05) is 20.8 Å². The van der Waals surface area contributed by atoms with Crippen LogP contribution in [0.2, 0.25) is 0 Å². The fourth-order valence-corrected chi connectivity index (χ4v) is 2.34. The van der Waals surface area contributed by atoms with E-state index in [1.54, 1.807) is 12.1 Å². The number of fused-ring (bicyclic) bond motifs is 1. The summed E-state index contributed by atoms with van der Waals surface area (Å²) in [7, 11) is 0. The third-order valence-corrected chi connectivity index (χ3v) is 3.78. The van der Waals surface area contributed by atoms with Gasteiger partial charge in [-0.05, 0) is 42.7 Å². The predicted octanol–water partition coefficient (Wildman–Crippen LogP) is 3.92. The number of pyridine rings is 1. The summed E-state index contributed by atoms with van der Waals surface area (Å²) in [6, 6.07) is 7.63. The van der Waals surface area contributed by atoms with Crippen LogP contribution in [0.25, 0.3) is 10.9 Å². The fraction of sp³-hybridized carbons (Fsp3) is 0.471. The highest BCUT2D eigenvalue weighted by Gasteiger charge is 2.22. The van der Waals surface area contributed by atoms with E-state index in [1.807, 2.05) is 0 Å². The van der Waals surface area contributed by atoms with Crippen molar-refractivity contribution in [2.24, 2.45) is 0 Å². The highest BCUT2D eigenvalue weighted by Crippen LogP contribution is 2.27. The number of halogens is 1. The minimum atomic E-state index is -0.199. The summed E-state index contributed by atoms with van der Waals surface area (Å²) in [5.74, 6) is -0.199. The van der Waals surface area contributed by atoms with Crippen molar-refractivity contribution >= 4 is 10.9 Å². The molecule has 2 aromatic rings. The van der Waals surface area contributed by atoms with Gasteiger partial charge in [-0.25, -0.2) is 4.39 Å². The number of nitrogens with zero attached hydrogens (tertiary/aromatic N) is 1. The monoisotopic (exact) mass is 272 g/mol. The topological polar surface area (TPSA) is 24.9 Å². The molecule has 0 amide bonds. The zero-order chi connectivity index (χ0) is 14.3. The number of hydrogen-bond donors (Lipinski definition) is 1. The Hall–Kier alpha value is -1.48. The lowest BCUT2D eigenvalue weighted by Crippen LogP contribution is -2.18. The molecule has 0 aliphatic heterocycles. The van der Waals surface area contributed by atoms with E-state index < -0.39 is 0 Å². The molecule has 20 heavy (non-hydrogen) atoms. The summed E-state index contributed by atoms with van der Waals surface area (Å²) in [4.78, 5) is 4.70. The molecule has 0 unspecified atom stereocenters. The van der Waals surface area contributed by atoms with Gasteiger partial charge in [0.15, 0.2) is 0 Å². The van der Waals surface area contributed by atoms with Gasteiger partial charge in [-0.2, -0.15) is 0 Å². The maximum atomic E-state index is 13.5.